The maximum Gasteiger partial charge on any atom is 0.336 e. The van der Waals surface area contributed by atoms with Crippen molar-refractivity contribution in [3.8, 4) is 11.1 Å². The fraction of sp³-hybridized carbons (Fsp3) is 0.214. The first-order valence-corrected chi connectivity index (χ1v) is 6.05. The summed E-state index contributed by atoms with van der Waals surface area (Å²) in [5.41, 5.74) is 0.849. The second-order valence-corrected chi connectivity index (χ2v) is 4.45. The molecule has 0 fully saturated rings. The maximum absolute atomic E-state index is 13.7. The van der Waals surface area contributed by atoms with Crippen LogP contribution in [0.4, 0.5) is 4.39 Å². The minimum Gasteiger partial charge on any atom is -0.478 e. The number of aryl methyl sites for hydroxylation is 1. The van der Waals surface area contributed by atoms with Gasteiger partial charge in [-0.05, 0) is 24.6 Å². The number of hydrogen-bond acceptors (Lipinski definition) is 4. The highest BCUT2D eigenvalue weighted by Crippen LogP contribution is 2.26. The van der Waals surface area contributed by atoms with Crippen LogP contribution in [0.2, 0.25) is 0 Å². The van der Waals surface area contributed by atoms with Gasteiger partial charge >= 0.3 is 11.9 Å². The highest BCUT2D eigenvalue weighted by Gasteiger charge is 2.16. The van der Waals surface area contributed by atoms with Crippen LogP contribution >= 0.6 is 0 Å². The van der Waals surface area contributed by atoms with E-state index in [-0.39, 0.29) is 23.2 Å². The van der Waals surface area contributed by atoms with Crippen molar-refractivity contribution in [2.45, 2.75) is 13.5 Å². The molecule has 110 valence electrons. The molecule has 6 nitrogen and oxygen atoms in total. The number of carbonyl (C=O) groups is 2. The molecule has 2 rings (SSSR count). The molecular weight excluding hydrogens is 279 g/mol. The van der Waals surface area contributed by atoms with Crippen LogP contribution in [-0.2, 0) is 16.1 Å². The molecule has 0 aliphatic heterocycles. The lowest BCUT2D eigenvalue weighted by Gasteiger charge is -2.06. The number of benzene rings is 1. The molecule has 1 aromatic heterocycles. The Kier molecular flexibility index (Phi) is 4.02. The summed E-state index contributed by atoms with van der Waals surface area (Å²) in [6, 6.07) is 2.42. The Balaban J connectivity index is 2.44. The lowest BCUT2D eigenvalue weighted by Crippen LogP contribution is -2.11. The molecule has 1 heterocycles. The molecule has 21 heavy (non-hydrogen) atoms. The van der Waals surface area contributed by atoms with E-state index in [9.17, 15) is 19.1 Å². The van der Waals surface area contributed by atoms with Crippen LogP contribution in [0.1, 0.15) is 15.9 Å². The van der Waals surface area contributed by atoms with Gasteiger partial charge in [-0.25, -0.2) is 9.18 Å². The van der Waals surface area contributed by atoms with E-state index in [4.69, 9.17) is 0 Å². The fourth-order valence-electron chi connectivity index (χ4n) is 1.88. The van der Waals surface area contributed by atoms with Gasteiger partial charge in [-0.2, -0.15) is 5.10 Å². The van der Waals surface area contributed by atoms with Crippen LogP contribution in [0.3, 0.4) is 0 Å². The maximum atomic E-state index is 13.7. The van der Waals surface area contributed by atoms with Gasteiger partial charge < -0.3 is 9.84 Å². The molecule has 2 aromatic rings. The molecule has 0 saturated heterocycles. The van der Waals surface area contributed by atoms with Gasteiger partial charge in [0.05, 0.1) is 18.9 Å². The summed E-state index contributed by atoms with van der Waals surface area (Å²) < 4.78 is 19.5. The first-order valence-electron chi connectivity index (χ1n) is 6.05. The predicted molar refractivity (Wildman–Crippen MR) is 71.3 cm³/mol. The van der Waals surface area contributed by atoms with Crippen LogP contribution in [0, 0.1) is 12.7 Å². The highest BCUT2D eigenvalue weighted by atomic mass is 19.1. The minimum absolute atomic E-state index is 0.0217. The normalized spacial score (nSPS) is 10.4. The summed E-state index contributed by atoms with van der Waals surface area (Å²) in [6.07, 6.45) is 2.84. The second-order valence-electron chi connectivity index (χ2n) is 4.45. The number of methoxy groups -OCH3 is 1. The first-order chi connectivity index (χ1) is 9.92. The zero-order valence-electron chi connectivity index (χ0n) is 11.5. The zero-order valence-corrected chi connectivity index (χ0v) is 11.5. The van der Waals surface area contributed by atoms with Gasteiger partial charge in [0.2, 0.25) is 0 Å². The standard InChI is InChI=1S/C14H13FN2O4/c1-8-3-11(14(19)20)10(4-12(8)15)9-5-16-17(6-9)7-13(18)21-2/h3-6H,7H2,1-2H3,(H,19,20). The number of nitrogens with zero attached hydrogens (tertiary/aromatic N) is 2. The van der Waals surface area contributed by atoms with E-state index in [2.05, 4.69) is 9.84 Å². The van der Waals surface area contributed by atoms with Crippen LogP contribution in [0.25, 0.3) is 11.1 Å². The van der Waals surface area contributed by atoms with E-state index < -0.39 is 17.8 Å². The Morgan fingerprint density at radius 2 is 2.14 bits per heavy atom. The summed E-state index contributed by atoms with van der Waals surface area (Å²) in [6.45, 7) is 1.39. The molecule has 1 N–H and O–H groups in total. The van der Waals surface area contributed by atoms with E-state index >= 15 is 0 Å². The lowest BCUT2D eigenvalue weighted by atomic mass is 10.00. The Bertz CT molecular complexity index is 709. The van der Waals surface area contributed by atoms with Crippen molar-refractivity contribution in [3.05, 3.63) is 41.5 Å². The molecule has 0 bridgehead atoms. The Morgan fingerprint density at radius 3 is 2.76 bits per heavy atom. The first kappa shape index (κ1) is 14.7. The number of carboxylic acids is 1. The van der Waals surface area contributed by atoms with Gasteiger partial charge in [0.25, 0.3) is 0 Å². The third kappa shape index (κ3) is 3.07. The van der Waals surface area contributed by atoms with Gasteiger partial charge in [0.15, 0.2) is 0 Å². The number of rotatable bonds is 4. The predicted octanol–water partition coefficient (Wildman–Crippen LogP) is 1.87. The van der Waals surface area contributed by atoms with Gasteiger partial charge in [-0.15, -0.1) is 0 Å². The molecular formula is C14H13FN2O4. The summed E-state index contributed by atoms with van der Waals surface area (Å²) in [4.78, 5) is 22.4. The summed E-state index contributed by atoms with van der Waals surface area (Å²) in [5, 5.41) is 13.1. The summed E-state index contributed by atoms with van der Waals surface area (Å²) >= 11 is 0. The number of aromatic nitrogens is 2. The van der Waals surface area contributed by atoms with Gasteiger partial charge in [0.1, 0.15) is 12.4 Å². The fourth-order valence-corrected chi connectivity index (χ4v) is 1.88. The average molecular weight is 292 g/mol. The molecule has 0 unspecified atom stereocenters. The average Bonchev–Trinajstić information content (AvgIpc) is 2.89. The monoisotopic (exact) mass is 292 g/mol. The number of ether oxygens (including phenoxy) is 1. The number of carbonyl (C=O) groups excluding carboxylic acids is 1. The van der Waals surface area contributed by atoms with Crippen molar-refractivity contribution >= 4 is 11.9 Å². The molecule has 0 atom stereocenters. The number of carboxylic acid groups (broad SMARTS) is 1. The van der Waals surface area contributed by atoms with Crippen molar-refractivity contribution in [1.29, 1.82) is 0 Å². The van der Waals surface area contributed by atoms with Gasteiger partial charge in [0, 0.05) is 17.3 Å². The van der Waals surface area contributed by atoms with Crippen LogP contribution in [0.5, 0.6) is 0 Å². The Morgan fingerprint density at radius 1 is 1.43 bits per heavy atom. The van der Waals surface area contributed by atoms with Gasteiger partial charge in [-0.3, -0.25) is 9.48 Å². The summed E-state index contributed by atoms with van der Waals surface area (Å²) in [5.74, 6) is -2.15. The molecule has 0 amide bonds. The number of esters is 1. The van der Waals surface area contributed by atoms with Crippen molar-refractivity contribution in [2.24, 2.45) is 0 Å². The zero-order chi connectivity index (χ0) is 15.6. The molecule has 0 aliphatic carbocycles. The van der Waals surface area contributed by atoms with Crippen LogP contribution < -0.4 is 0 Å². The molecule has 1 aromatic carbocycles. The molecule has 0 aliphatic rings. The van der Waals surface area contributed by atoms with E-state index in [0.717, 1.165) is 6.07 Å². The number of halogens is 1. The number of aromatic carboxylic acids is 1. The Labute approximate surface area is 119 Å². The molecule has 0 radical (unpaired) electrons. The van der Waals surface area contributed by atoms with Crippen molar-refractivity contribution in [1.82, 2.24) is 9.78 Å². The molecule has 0 saturated carbocycles. The Hall–Kier alpha value is -2.70. The smallest absolute Gasteiger partial charge is 0.336 e. The quantitative estimate of drug-likeness (QED) is 0.870. The lowest BCUT2D eigenvalue weighted by molar-refractivity contribution is -0.141. The van der Waals surface area contributed by atoms with E-state index in [1.165, 1.54) is 37.2 Å². The van der Waals surface area contributed by atoms with E-state index in [1.54, 1.807) is 0 Å². The van der Waals surface area contributed by atoms with E-state index in [0.29, 0.717) is 5.56 Å². The van der Waals surface area contributed by atoms with E-state index in [1.807, 2.05) is 0 Å². The molecule has 7 heteroatoms. The van der Waals surface area contributed by atoms with Crippen LogP contribution in [-0.4, -0.2) is 33.9 Å². The highest BCUT2D eigenvalue weighted by molar-refractivity contribution is 5.96. The SMILES string of the molecule is COC(=O)Cn1cc(-c2cc(F)c(C)cc2C(=O)O)cn1. The minimum atomic E-state index is -1.16. The molecule has 0 spiro atoms. The second kappa shape index (κ2) is 5.74. The summed E-state index contributed by atoms with van der Waals surface area (Å²) in [7, 11) is 1.25. The van der Waals surface area contributed by atoms with Crippen molar-refractivity contribution < 1.29 is 23.8 Å². The largest absolute Gasteiger partial charge is 0.478 e. The third-order valence-corrected chi connectivity index (χ3v) is 2.99. The van der Waals surface area contributed by atoms with Crippen molar-refractivity contribution in [2.75, 3.05) is 7.11 Å². The topological polar surface area (TPSA) is 81.4 Å². The van der Waals surface area contributed by atoms with Crippen LogP contribution in [0.15, 0.2) is 24.5 Å². The van der Waals surface area contributed by atoms with Crippen molar-refractivity contribution in [3.63, 3.8) is 0 Å². The van der Waals surface area contributed by atoms with Gasteiger partial charge in [-0.1, -0.05) is 0 Å². The number of hydrogen-bond donors (Lipinski definition) is 1. The third-order valence-electron chi connectivity index (χ3n) is 2.99.